The van der Waals surface area contributed by atoms with E-state index < -0.39 is 18.5 Å². The lowest BCUT2D eigenvalue weighted by atomic mass is 10.1. The van der Waals surface area contributed by atoms with Crippen molar-refractivity contribution in [3.63, 3.8) is 0 Å². The first-order chi connectivity index (χ1) is 15.6. The summed E-state index contributed by atoms with van der Waals surface area (Å²) in [6.07, 6.45) is 0. The molecule has 1 heterocycles. The van der Waals surface area contributed by atoms with Gasteiger partial charge in [-0.05, 0) is 18.2 Å². The largest absolute Gasteiger partial charge is 0.497 e. The van der Waals surface area contributed by atoms with Crippen LogP contribution in [0.4, 0.5) is 5.69 Å². The maximum absolute atomic E-state index is 12.7. The van der Waals surface area contributed by atoms with Crippen LogP contribution in [0.1, 0.15) is 10.4 Å². The van der Waals surface area contributed by atoms with Gasteiger partial charge in [-0.3, -0.25) is 4.79 Å². The molecule has 0 aliphatic carbocycles. The Balaban J connectivity index is 1.46. The second-order valence-corrected chi connectivity index (χ2v) is 7.79. The van der Waals surface area contributed by atoms with Crippen molar-refractivity contribution in [2.75, 3.05) is 26.1 Å². The molecule has 7 nitrogen and oxygen atoms in total. The normalized spacial score (nSPS) is 10.6. The molecule has 0 spiro atoms. The van der Waals surface area contributed by atoms with Crippen molar-refractivity contribution in [2.45, 2.75) is 0 Å². The molecular formula is C24H20N2O5S. The lowest BCUT2D eigenvalue weighted by Crippen LogP contribution is -2.21. The number of rotatable bonds is 7. The summed E-state index contributed by atoms with van der Waals surface area (Å²) in [7, 11) is 3.04. The van der Waals surface area contributed by atoms with E-state index in [1.165, 1.54) is 25.6 Å². The van der Waals surface area contributed by atoms with Crippen LogP contribution in [-0.4, -0.2) is 37.7 Å². The van der Waals surface area contributed by atoms with E-state index in [1.54, 1.807) is 30.3 Å². The van der Waals surface area contributed by atoms with Crippen LogP contribution in [0, 0.1) is 0 Å². The Morgan fingerprint density at radius 3 is 2.34 bits per heavy atom. The molecule has 0 unspecified atom stereocenters. The van der Waals surface area contributed by atoms with E-state index in [0.29, 0.717) is 33.3 Å². The van der Waals surface area contributed by atoms with Gasteiger partial charge < -0.3 is 19.5 Å². The predicted molar refractivity (Wildman–Crippen MR) is 124 cm³/mol. The summed E-state index contributed by atoms with van der Waals surface area (Å²) in [5.74, 6) is -0.0211. The van der Waals surface area contributed by atoms with E-state index in [1.807, 2.05) is 36.4 Å². The summed E-state index contributed by atoms with van der Waals surface area (Å²) < 4.78 is 16.7. The molecule has 0 atom stereocenters. The van der Waals surface area contributed by atoms with Crippen LogP contribution in [0.5, 0.6) is 11.5 Å². The number of anilines is 1. The molecule has 0 saturated carbocycles. The number of thiazole rings is 1. The lowest BCUT2D eigenvalue weighted by Gasteiger charge is -2.11. The molecule has 1 aromatic heterocycles. The fraction of sp³-hybridized carbons (Fsp3) is 0.125. The summed E-state index contributed by atoms with van der Waals surface area (Å²) in [4.78, 5) is 29.7. The number of carbonyl (C=O) groups excluding carboxylic acids is 2. The fourth-order valence-electron chi connectivity index (χ4n) is 3.12. The molecule has 3 aromatic carbocycles. The Morgan fingerprint density at radius 2 is 1.62 bits per heavy atom. The number of ether oxygens (including phenoxy) is 3. The molecule has 0 aliphatic rings. The van der Waals surface area contributed by atoms with Crippen LogP contribution in [0.25, 0.3) is 20.8 Å². The minimum absolute atomic E-state index is 0.349. The van der Waals surface area contributed by atoms with Crippen LogP contribution in [0.2, 0.25) is 0 Å². The van der Waals surface area contributed by atoms with Gasteiger partial charge in [-0.25, -0.2) is 9.78 Å². The number of carbonyl (C=O) groups is 2. The van der Waals surface area contributed by atoms with E-state index in [4.69, 9.17) is 14.2 Å². The second kappa shape index (κ2) is 9.49. The maximum atomic E-state index is 12.7. The van der Waals surface area contributed by atoms with Gasteiger partial charge in [-0.2, -0.15) is 0 Å². The van der Waals surface area contributed by atoms with Gasteiger partial charge in [0.2, 0.25) is 0 Å². The minimum atomic E-state index is -0.599. The topological polar surface area (TPSA) is 86.8 Å². The number of para-hydroxylation sites is 1. The van der Waals surface area contributed by atoms with E-state index in [-0.39, 0.29) is 0 Å². The molecule has 1 amide bonds. The number of hydrogen-bond acceptors (Lipinski definition) is 7. The molecule has 0 bridgehead atoms. The summed E-state index contributed by atoms with van der Waals surface area (Å²) in [6, 6.07) is 19.8. The zero-order valence-electron chi connectivity index (χ0n) is 17.5. The smallest absolute Gasteiger partial charge is 0.339 e. The van der Waals surface area contributed by atoms with Gasteiger partial charge in [0, 0.05) is 29.4 Å². The average Bonchev–Trinajstić information content (AvgIpc) is 3.26. The van der Waals surface area contributed by atoms with Crippen LogP contribution in [0.15, 0.2) is 66.7 Å². The Morgan fingerprint density at radius 1 is 0.938 bits per heavy atom. The van der Waals surface area contributed by atoms with Gasteiger partial charge >= 0.3 is 5.97 Å². The SMILES string of the molecule is COc1cc(NC(=O)COC(=O)c2ccccc2-c2nc3ccccc3s2)cc(OC)c1. The Bertz CT molecular complexity index is 1230. The lowest BCUT2D eigenvalue weighted by molar-refractivity contribution is -0.119. The number of nitrogens with one attached hydrogen (secondary N) is 1. The summed E-state index contributed by atoms with van der Waals surface area (Å²) in [6.45, 7) is -0.438. The van der Waals surface area contributed by atoms with Crippen molar-refractivity contribution in [3.05, 3.63) is 72.3 Å². The monoisotopic (exact) mass is 448 g/mol. The summed E-state index contributed by atoms with van der Waals surface area (Å²) in [5.41, 5.74) is 2.35. The molecular weight excluding hydrogens is 428 g/mol. The number of hydrogen-bond donors (Lipinski definition) is 1. The number of benzene rings is 3. The first kappa shape index (κ1) is 21.3. The number of aromatic nitrogens is 1. The molecule has 4 rings (SSSR count). The molecule has 0 fully saturated rings. The van der Waals surface area contributed by atoms with E-state index in [0.717, 1.165) is 10.2 Å². The standard InChI is InChI=1S/C24H20N2O5S/c1-29-16-11-15(12-17(13-16)30-2)25-22(27)14-31-24(28)19-8-4-3-7-18(19)23-26-20-9-5-6-10-21(20)32-23/h3-13H,14H2,1-2H3,(H,25,27). The minimum Gasteiger partial charge on any atom is -0.497 e. The van der Waals surface area contributed by atoms with Gasteiger partial charge in [0.15, 0.2) is 6.61 Å². The Kier molecular flexibility index (Phi) is 6.32. The van der Waals surface area contributed by atoms with Crippen molar-refractivity contribution < 1.29 is 23.8 Å². The van der Waals surface area contributed by atoms with Crippen molar-refractivity contribution in [2.24, 2.45) is 0 Å². The van der Waals surface area contributed by atoms with Crippen molar-refractivity contribution in [1.82, 2.24) is 4.98 Å². The Hall–Kier alpha value is -3.91. The highest BCUT2D eigenvalue weighted by Crippen LogP contribution is 2.32. The molecule has 32 heavy (non-hydrogen) atoms. The average molecular weight is 449 g/mol. The van der Waals surface area contributed by atoms with Crippen LogP contribution in [-0.2, 0) is 9.53 Å². The molecule has 0 saturated heterocycles. The molecule has 0 aliphatic heterocycles. The zero-order chi connectivity index (χ0) is 22.5. The summed E-state index contributed by atoms with van der Waals surface area (Å²) in [5, 5.41) is 3.39. The maximum Gasteiger partial charge on any atom is 0.339 e. The third-order valence-corrected chi connectivity index (χ3v) is 5.71. The highest BCUT2D eigenvalue weighted by molar-refractivity contribution is 7.21. The fourth-order valence-corrected chi connectivity index (χ4v) is 4.13. The molecule has 162 valence electrons. The molecule has 1 N–H and O–H groups in total. The number of methoxy groups -OCH3 is 2. The van der Waals surface area contributed by atoms with Crippen molar-refractivity contribution in [3.8, 4) is 22.1 Å². The number of fused-ring (bicyclic) bond motifs is 1. The van der Waals surface area contributed by atoms with Gasteiger partial charge in [0.25, 0.3) is 5.91 Å². The van der Waals surface area contributed by atoms with Gasteiger partial charge in [0.05, 0.1) is 30.0 Å². The van der Waals surface area contributed by atoms with Gasteiger partial charge in [-0.15, -0.1) is 11.3 Å². The predicted octanol–water partition coefficient (Wildman–Crippen LogP) is 4.78. The molecule has 4 aromatic rings. The van der Waals surface area contributed by atoms with Crippen molar-refractivity contribution in [1.29, 1.82) is 0 Å². The zero-order valence-corrected chi connectivity index (χ0v) is 18.3. The third-order valence-electron chi connectivity index (χ3n) is 4.64. The summed E-state index contributed by atoms with van der Waals surface area (Å²) >= 11 is 1.49. The number of nitrogens with zero attached hydrogens (tertiary/aromatic N) is 1. The second-order valence-electron chi connectivity index (χ2n) is 6.76. The highest BCUT2D eigenvalue weighted by atomic mass is 32.1. The molecule has 8 heteroatoms. The first-order valence-electron chi connectivity index (χ1n) is 9.72. The van der Waals surface area contributed by atoms with Crippen LogP contribution in [0.3, 0.4) is 0 Å². The van der Waals surface area contributed by atoms with E-state index in [2.05, 4.69) is 10.3 Å². The van der Waals surface area contributed by atoms with Crippen LogP contribution >= 0.6 is 11.3 Å². The van der Waals surface area contributed by atoms with Gasteiger partial charge in [0.1, 0.15) is 16.5 Å². The van der Waals surface area contributed by atoms with E-state index in [9.17, 15) is 9.59 Å². The quantitative estimate of drug-likeness (QED) is 0.410. The number of amides is 1. The van der Waals surface area contributed by atoms with E-state index >= 15 is 0 Å². The van der Waals surface area contributed by atoms with Gasteiger partial charge in [-0.1, -0.05) is 30.3 Å². The highest BCUT2D eigenvalue weighted by Gasteiger charge is 2.18. The van der Waals surface area contributed by atoms with Crippen molar-refractivity contribution >= 4 is 39.1 Å². The molecule has 0 radical (unpaired) electrons. The van der Waals surface area contributed by atoms with Crippen LogP contribution < -0.4 is 14.8 Å². The first-order valence-corrected chi connectivity index (χ1v) is 10.5. The Labute approximate surface area is 188 Å². The third kappa shape index (κ3) is 4.70. The number of esters is 1.